The van der Waals surface area contributed by atoms with Crippen LogP contribution in [0.15, 0.2) is 46.9 Å². The van der Waals surface area contributed by atoms with Crippen LogP contribution in [0.1, 0.15) is 63.5 Å². The number of hydrogen-bond acceptors (Lipinski definition) is 4. The van der Waals surface area contributed by atoms with Gasteiger partial charge in [-0.05, 0) is 54.5 Å². The minimum absolute atomic E-state index is 0.0163. The van der Waals surface area contributed by atoms with Crippen molar-refractivity contribution in [2.45, 2.75) is 58.4 Å². The number of carbonyl (C=O) groups excluding carboxylic acids is 1. The van der Waals surface area contributed by atoms with Crippen LogP contribution in [0.4, 0.5) is 23.7 Å². The quantitative estimate of drug-likeness (QED) is 0.401. The highest BCUT2D eigenvalue weighted by molar-refractivity contribution is 5.92. The number of carbonyl (C=O) groups is 1. The van der Waals surface area contributed by atoms with Crippen molar-refractivity contribution in [3.63, 3.8) is 0 Å². The fourth-order valence-electron chi connectivity index (χ4n) is 4.08. The first kappa shape index (κ1) is 24.8. The molecule has 3 aromatic rings. The van der Waals surface area contributed by atoms with Gasteiger partial charge in [-0.2, -0.15) is 8.78 Å². The monoisotopic (exact) mass is 486 g/mol. The van der Waals surface area contributed by atoms with Gasteiger partial charge < -0.3 is 9.32 Å². The van der Waals surface area contributed by atoms with Crippen LogP contribution in [0.25, 0.3) is 11.5 Å². The second-order valence-electron chi connectivity index (χ2n) is 9.77. The molecule has 2 heterocycles. The van der Waals surface area contributed by atoms with Crippen LogP contribution in [-0.4, -0.2) is 34.2 Å². The topological polar surface area (TPSA) is 62.5 Å². The molecule has 0 aliphatic carbocycles. The van der Waals surface area contributed by atoms with E-state index < -0.39 is 18.1 Å². The number of piperidine rings is 1. The normalized spacial score (nSPS) is 14.4. The van der Waals surface area contributed by atoms with Gasteiger partial charge in [-0.15, -0.1) is 10.2 Å². The predicted molar refractivity (Wildman–Crippen MR) is 127 cm³/mol. The highest BCUT2D eigenvalue weighted by Gasteiger charge is 2.26. The lowest BCUT2D eigenvalue weighted by Crippen LogP contribution is -2.45. The molecule has 0 spiro atoms. The van der Waals surface area contributed by atoms with Crippen LogP contribution in [0.5, 0.6) is 0 Å². The molecular formula is C26H29F3N4O2. The summed E-state index contributed by atoms with van der Waals surface area (Å²) in [6.45, 7) is 7.69. The van der Waals surface area contributed by atoms with Crippen LogP contribution in [0, 0.1) is 5.82 Å². The van der Waals surface area contributed by atoms with Gasteiger partial charge in [-0.3, -0.25) is 4.90 Å². The molecule has 1 aromatic heterocycles. The third-order valence-electron chi connectivity index (χ3n) is 6.16. The molecule has 0 bridgehead atoms. The van der Waals surface area contributed by atoms with Crippen molar-refractivity contribution in [2.75, 3.05) is 18.0 Å². The second-order valence-corrected chi connectivity index (χ2v) is 9.77. The van der Waals surface area contributed by atoms with Crippen LogP contribution >= 0.6 is 0 Å². The van der Waals surface area contributed by atoms with Gasteiger partial charge in [0.05, 0.1) is 6.54 Å². The number of benzene rings is 2. The van der Waals surface area contributed by atoms with E-state index in [4.69, 9.17) is 4.42 Å². The zero-order valence-electron chi connectivity index (χ0n) is 20.1. The molecule has 2 aromatic carbocycles. The molecular weight excluding hydrogens is 457 g/mol. The molecule has 0 radical (unpaired) electrons. The third-order valence-corrected chi connectivity index (χ3v) is 6.16. The highest BCUT2D eigenvalue weighted by Crippen LogP contribution is 2.29. The molecule has 4 rings (SSSR count). The number of halogens is 3. The van der Waals surface area contributed by atoms with Gasteiger partial charge in [0, 0.05) is 29.9 Å². The van der Waals surface area contributed by atoms with Crippen molar-refractivity contribution >= 4 is 11.7 Å². The zero-order chi connectivity index (χ0) is 25.2. The fourth-order valence-corrected chi connectivity index (χ4v) is 4.08. The summed E-state index contributed by atoms with van der Waals surface area (Å²) in [4.78, 5) is 16.9. The third kappa shape index (κ3) is 5.66. The number of urea groups is 1. The van der Waals surface area contributed by atoms with E-state index in [2.05, 4.69) is 31.0 Å². The molecule has 1 aliphatic heterocycles. The Labute approximate surface area is 202 Å². The van der Waals surface area contributed by atoms with E-state index in [1.807, 2.05) is 24.3 Å². The Morgan fingerprint density at radius 1 is 1.06 bits per heavy atom. The number of aromatic nitrogens is 2. The van der Waals surface area contributed by atoms with Crippen molar-refractivity contribution in [1.82, 2.24) is 15.1 Å². The Morgan fingerprint density at radius 2 is 1.74 bits per heavy atom. The Bertz CT molecular complexity index is 1170. The van der Waals surface area contributed by atoms with Crippen LogP contribution < -0.4 is 4.90 Å². The molecule has 9 heteroatoms. The second kappa shape index (κ2) is 10.1. The van der Waals surface area contributed by atoms with Gasteiger partial charge in [-0.1, -0.05) is 39.0 Å². The largest absolute Gasteiger partial charge is 0.415 e. The van der Waals surface area contributed by atoms with Gasteiger partial charge >= 0.3 is 12.5 Å². The molecule has 186 valence electrons. The van der Waals surface area contributed by atoms with Gasteiger partial charge in [-0.25, -0.2) is 9.18 Å². The molecule has 1 fully saturated rings. The van der Waals surface area contributed by atoms with E-state index in [0.717, 1.165) is 30.9 Å². The number of nitrogens with zero attached hydrogens (tertiary/aromatic N) is 4. The van der Waals surface area contributed by atoms with Crippen LogP contribution in [0.3, 0.4) is 0 Å². The Morgan fingerprint density at radius 3 is 2.31 bits per heavy atom. The van der Waals surface area contributed by atoms with Crippen molar-refractivity contribution in [3.05, 3.63) is 65.3 Å². The molecule has 1 aliphatic rings. The van der Waals surface area contributed by atoms with Crippen molar-refractivity contribution in [1.29, 1.82) is 0 Å². The standard InChI is InChI=1S/C26H29F3N4O2/c1-26(2,3)19-9-11-20(12-10-19)33(25(34)32-13-5-4-6-14-32)16-18-8-7-17(15-21(18)27)23-30-31-24(35-23)22(28)29/h7-12,15,22H,4-6,13-14,16H2,1-3H3. The van der Waals surface area contributed by atoms with Crippen molar-refractivity contribution < 1.29 is 22.4 Å². The first-order valence-corrected chi connectivity index (χ1v) is 11.7. The SMILES string of the molecule is CC(C)(C)c1ccc(N(Cc2ccc(-c3nnc(C(F)F)o3)cc2F)C(=O)N2CCCCC2)cc1. The Hall–Kier alpha value is -3.36. The first-order valence-electron chi connectivity index (χ1n) is 11.7. The van der Waals surface area contributed by atoms with Gasteiger partial charge in [0.2, 0.25) is 5.89 Å². The first-order chi connectivity index (χ1) is 16.6. The molecule has 0 unspecified atom stereocenters. The van der Waals surface area contributed by atoms with E-state index >= 15 is 4.39 Å². The minimum Gasteiger partial charge on any atom is -0.415 e. The Balaban J connectivity index is 1.62. The number of alkyl halides is 2. The van der Waals surface area contributed by atoms with E-state index in [0.29, 0.717) is 18.8 Å². The van der Waals surface area contributed by atoms with Crippen molar-refractivity contribution in [2.24, 2.45) is 0 Å². The van der Waals surface area contributed by atoms with E-state index in [9.17, 15) is 13.6 Å². The summed E-state index contributed by atoms with van der Waals surface area (Å²) < 4.78 is 45.5. The summed E-state index contributed by atoms with van der Waals surface area (Å²) >= 11 is 0. The summed E-state index contributed by atoms with van der Waals surface area (Å²) in [6, 6.07) is 11.8. The summed E-state index contributed by atoms with van der Waals surface area (Å²) in [6.07, 6.45) is 0.0648. The smallest absolute Gasteiger partial charge is 0.324 e. The maximum Gasteiger partial charge on any atom is 0.324 e. The average molecular weight is 487 g/mol. The lowest BCUT2D eigenvalue weighted by molar-refractivity contribution is 0.116. The highest BCUT2D eigenvalue weighted by atomic mass is 19.3. The number of likely N-dealkylation sites (tertiary alicyclic amines) is 1. The maximum atomic E-state index is 15.1. The lowest BCUT2D eigenvalue weighted by atomic mass is 9.87. The molecule has 1 saturated heterocycles. The Kier molecular flexibility index (Phi) is 7.14. The van der Waals surface area contributed by atoms with E-state index in [1.54, 1.807) is 9.80 Å². The van der Waals surface area contributed by atoms with Gasteiger partial charge in [0.1, 0.15) is 5.82 Å². The predicted octanol–water partition coefficient (Wildman–Crippen LogP) is 6.72. The van der Waals surface area contributed by atoms with Crippen molar-refractivity contribution in [3.8, 4) is 11.5 Å². The number of amides is 2. The average Bonchev–Trinajstić information content (AvgIpc) is 3.34. The molecule has 6 nitrogen and oxygen atoms in total. The summed E-state index contributed by atoms with van der Waals surface area (Å²) in [5.74, 6) is -1.60. The summed E-state index contributed by atoms with van der Waals surface area (Å²) in [5.41, 5.74) is 2.24. The van der Waals surface area contributed by atoms with Crippen LogP contribution in [-0.2, 0) is 12.0 Å². The van der Waals surface area contributed by atoms with Crippen LogP contribution in [0.2, 0.25) is 0 Å². The number of hydrogen-bond donors (Lipinski definition) is 0. The maximum absolute atomic E-state index is 15.1. The molecule has 0 atom stereocenters. The molecule has 0 saturated carbocycles. The van der Waals surface area contributed by atoms with E-state index in [-0.39, 0.29) is 35.0 Å². The van der Waals surface area contributed by atoms with E-state index in [1.165, 1.54) is 12.1 Å². The molecule has 2 amide bonds. The lowest BCUT2D eigenvalue weighted by Gasteiger charge is -2.33. The van der Waals surface area contributed by atoms with Gasteiger partial charge in [0.25, 0.3) is 5.89 Å². The summed E-state index contributed by atoms with van der Waals surface area (Å²) in [5, 5.41) is 6.85. The van der Waals surface area contributed by atoms with Gasteiger partial charge in [0.15, 0.2) is 0 Å². The zero-order valence-corrected chi connectivity index (χ0v) is 20.1. The minimum atomic E-state index is -2.90. The number of rotatable bonds is 5. The number of anilines is 1. The molecule has 0 N–H and O–H groups in total. The molecule has 35 heavy (non-hydrogen) atoms. The summed E-state index contributed by atoms with van der Waals surface area (Å²) in [7, 11) is 0. The fraction of sp³-hybridized carbons (Fsp3) is 0.423.